The summed E-state index contributed by atoms with van der Waals surface area (Å²) in [7, 11) is 0. The van der Waals surface area contributed by atoms with Gasteiger partial charge in [0.2, 0.25) is 0 Å². The van der Waals surface area contributed by atoms with Gasteiger partial charge in [0.1, 0.15) is 5.60 Å². The Labute approximate surface area is 112 Å². The van der Waals surface area contributed by atoms with Crippen LogP contribution in [0.5, 0.6) is 0 Å². The molecule has 0 N–H and O–H groups in total. The SMILES string of the molecule is CC.CC(C)OC1CCN(C(=O)OC(C)(C)C)C1. The fourth-order valence-electron chi connectivity index (χ4n) is 1.72. The normalized spacial score (nSPS) is 19.6. The van der Waals surface area contributed by atoms with Gasteiger partial charge >= 0.3 is 6.09 Å². The summed E-state index contributed by atoms with van der Waals surface area (Å²) in [5.41, 5.74) is -0.423. The van der Waals surface area contributed by atoms with Crippen molar-refractivity contribution >= 4 is 6.09 Å². The summed E-state index contributed by atoms with van der Waals surface area (Å²) in [6, 6.07) is 0. The molecule has 4 nitrogen and oxygen atoms in total. The maximum Gasteiger partial charge on any atom is 0.410 e. The lowest BCUT2D eigenvalue weighted by Crippen LogP contribution is -2.36. The smallest absolute Gasteiger partial charge is 0.410 e. The Kier molecular flexibility index (Phi) is 7.29. The third-order valence-electron chi connectivity index (χ3n) is 2.26. The zero-order valence-corrected chi connectivity index (χ0v) is 12.9. The summed E-state index contributed by atoms with van der Waals surface area (Å²) >= 11 is 0. The highest BCUT2D eigenvalue weighted by atomic mass is 16.6. The zero-order valence-electron chi connectivity index (χ0n) is 12.9. The van der Waals surface area contributed by atoms with Gasteiger partial charge in [-0.3, -0.25) is 0 Å². The van der Waals surface area contributed by atoms with E-state index in [1.165, 1.54) is 0 Å². The maximum atomic E-state index is 11.7. The number of rotatable bonds is 2. The van der Waals surface area contributed by atoms with Gasteiger partial charge in [0.25, 0.3) is 0 Å². The van der Waals surface area contributed by atoms with E-state index in [0.717, 1.165) is 13.0 Å². The van der Waals surface area contributed by atoms with Gasteiger partial charge in [0, 0.05) is 6.54 Å². The molecule has 108 valence electrons. The molecular formula is C14H29NO3. The lowest BCUT2D eigenvalue weighted by Gasteiger charge is -2.24. The Morgan fingerprint density at radius 3 is 2.28 bits per heavy atom. The summed E-state index contributed by atoms with van der Waals surface area (Å²) in [4.78, 5) is 13.5. The van der Waals surface area contributed by atoms with E-state index in [2.05, 4.69) is 0 Å². The summed E-state index contributed by atoms with van der Waals surface area (Å²) in [6.07, 6.45) is 1.04. The number of ether oxygens (including phenoxy) is 2. The van der Waals surface area contributed by atoms with E-state index in [0.29, 0.717) is 6.54 Å². The van der Waals surface area contributed by atoms with Crippen LogP contribution in [-0.2, 0) is 9.47 Å². The van der Waals surface area contributed by atoms with E-state index >= 15 is 0 Å². The molecule has 0 spiro atoms. The van der Waals surface area contributed by atoms with Crippen molar-refractivity contribution in [2.75, 3.05) is 13.1 Å². The Balaban J connectivity index is 0.00000137. The molecule has 1 heterocycles. The van der Waals surface area contributed by atoms with Crippen LogP contribution in [0.1, 0.15) is 54.9 Å². The number of carbonyl (C=O) groups excluding carboxylic acids is 1. The monoisotopic (exact) mass is 259 g/mol. The average molecular weight is 259 g/mol. The number of hydrogen-bond donors (Lipinski definition) is 0. The number of likely N-dealkylation sites (tertiary alicyclic amines) is 1. The third kappa shape index (κ3) is 6.84. The Morgan fingerprint density at radius 1 is 1.28 bits per heavy atom. The van der Waals surface area contributed by atoms with Crippen LogP contribution in [-0.4, -0.2) is 41.9 Å². The van der Waals surface area contributed by atoms with Gasteiger partial charge in [-0.2, -0.15) is 0 Å². The maximum absolute atomic E-state index is 11.7. The highest BCUT2D eigenvalue weighted by Gasteiger charge is 2.30. The van der Waals surface area contributed by atoms with Gasteiger partial charge in [0.05, 0.1) is 18.8 Å². The summed E-state index contributed by atoms with van der Waals surface area (Å²) in [6.45, 7) is 15.0. The fourth-order valence-corrected chi connectivity index (χ4v) is 1.72. The molecule has 18 heavy (non-hydrogen) atoms. The lowest BCUT2D eigenvalue weighted by atomic mass is 10.2. The molecule has 0 aromatic heterocycles. The van der Waals surface area contributed by atoms with Crippen LogP contribution in [0.3, 0.4) is 0 Å². The zero-order chi connectivity index (χ0) is 14.3. The predicted molar refractivity (Wildman–Crippen MR) is 73.8 cm³/mol. The first kappa shape index (κ1) is 17.2. The van der Waals surface area contributed by atoms with Crippen molar-refractivity contribution in [3.8, 4) is 0 Å². The van der Waals surface area contributed by atoms with E-state index in [1.54, 1.807) is 4.90 Å². The molecule has 4 heteroatoms. The Morgan fingerprint density at radius 2 is 1.83 bits per heavy atom. The molecule has 1 atom stereocenters. The largest absolute Gasteiger partial charge is 0.444 e. The van der Waals surface area contributed by atoms with Gasteiger partial charge in [0.15, 0.2) is 0 Å². The number of carbonyl (C=O) groups is 1. The van der Waals surface area contributed by atoms with Crippen LogP contribution >= 0.6 is 0 Å². The minimum absolute atomic E-state index is 0.160. The van der Waals surface area contributed by atoms with Crippen LogP contribution in [0.4, 0.5) is 4.79 Å². The molecule has 1 aliphatic rings. The van der Waals surface area contributed by atoms with E-state index in [4.69, 9.17) is 9.47 Å². The minimum atomic E-state index is -0.423. The molecule has 0 aromatic carbocycles. The third-order valence-corrected chi connectivity index (χ3v) is 2.26. The second kappa shape index (κ2) is 7.62. The lowest BCUT2D eigenvalue weighted by molar-refractivity contribution is 0.00415. The van der Waals surface area contributed by atoms with Crippen molar-refractivity contribution in [1.82, 2.24) is 4.90 Å². The van der Waals surface area contributed by atoms with E-state index in [-0.39, 0.29) is 18.3 Å². The second-order valence-corrected chi connectivity index (χ2v) is 5.52. The Bertz CT molecular complexity index is 246. The van der Waals surface area contributed by atoms with Gasteiger partial charge in [-0.1, -0.05) is 13.8 Å². The molecule has 0 aromatic rings. The van der Waals surface area contributed by atoms with Crippen molar-refractivity contribution < 1.29 is 14.3 Å². The standard InChI is InChI=1S/C12H23NO3.C2H6/c1-9(2)15-10-6-7-13(8-10)11(14)16-12(3,4)5;1-2/h9-10H,6-8H2,1-5H3;1-2H3. The number of hydrogen-bond acceptors (Lipinski definition) is 3. The fraction of sp³-hybridized carbons (Fsp3) is 0.929. The Hall–Kier alpha value is -0.770. The van der Waals surface area contributed by atoms with Crippen molar-refractivity contribution in [3.63, 3.8) is 0 Å². The van der Waals surface area contributed by atoms with Crippen LogP contribution in [0.15, 0.2) is 0 Å². The van der Waals surface area contributed by atoms with E-state index in [1.807, 2.05) is 48.5 Å². The van der Waals surface area contributed by atoms with Crippen molar-refractivity contribution in [2.24, 2.45) is 0 Å². The summed E-state index contributed by atoms with van der Waals surface area (Å²) < 4.78 is 11.0. The quantitative estimate of drug-likeness (QED) is 0.762. The van der Waals surface area contributed by atoms with Gasteiger partial charge in [-0.05, 0) is 41.0 Å². The molecule has 0 aliphatic carbocycles. The van der Waals surface area contributed by atoms with Crippen LogP contribution in [0, 0.1) is 0 Å². The van der Waals surface area contributed by atoms with Crippen LogP contribution in [0.2, 0.25) is 0 Å². The number of nitrogens with zero attached hydrogens (tertiary/aromatic N) is 1. The first-order valence-corrected chi connectivity index (χ1v) is 6.91. The molecule has 1 rings (SSSR count). The van der Waals surface area contributed by atoms with Gasteiger partial charge < -0.3 is 14.4 Å². The molecule has 1 aliphatic heterocycles. The second-order valence-electron chi connectivity index (χ2n) is 5.52. The predicted octanol–water partition coefficient (Wildman–Crippen LogP) is 3.45. The van der Waals surface area contributed by atoms with Crippen molar-refractivity contribution in [3.05, 3.63) is 0 Å². The van der Waals surface area contributed by atoms with Crippen molar-refractivity contribution in [1.29, 1.82) is 0 Å². The van der Waals surface area contributed by atoms with E-state index < -0.39 is 5.60 Å². The topological polar surface area (TPSA) is 38.8 Å². The molecule has 0 bridgehead atoms. The first-order chi connectivity index (χ1) is 8.28. The molecular weight excluding hydrogens is 230 g/mol. The minimum Gasteiger partial charge on any atom is -0.444 e. The van der Waals surface area contributed by atoms with Crippen LogP contribution in [0.25, 0.3) is 0 Å². The van der Waals surface area contributed by atoms with E-state index in [9.17, 15) is 4.79 Å². The number of amides is 1. The molecule has 0 radical (unpaired) electrons. The highest BCUT2D eigenvalue weighted by Crippen LogP contribution is 2.17. The highest BCUT2D eigenvalue weighted by molar-refractivity contribution is 5.68. The van der Waals surface area contributed by atoms with Gasteiger partial charge in [-0.25, -0.2) is 4.79 Å². The molecule has 1 unspecified atom stereocenters. The molecule has 1 fully saturated rings. The summed E-state index contributed by atoms with van der Waals surface area (Å²) in [5.74, 6) is 0. The van der Waals surface area contributed by atoms with Crippen molar-refractivity contribution in [2.45, 2.75) is 72.7 Å². The first-order valence-electron chi connectivity index (χ1n) is 6.91. The molecule has 1 amide bonds. The molecule has 1 saturated heterocycles. The summed E-state index contributed by atoms with van der Waals surface area (Å²) in [5, 5.41) is 0. The average Bonchev–Trinajstić information content (AvgIpc) is 2.66. The van der Waals surface area contributed by atoms with Crippen LogP contribution < -0.4 is 0 Å². The molecule has 0 saturated carbocycles. The van der Waals surface area contributed by atoms with Gasteiger partial charge in [-0.15, -0.1) is 0 Å².